The van der Waals surface area contributed by atoms with Crippen molar-refractivity contribution in [2.75, 3.05) is 28.4 Å². The van der Waals surface area contributed by atoms with Crippen molar-refractivity contribution in [1.29, 1.82) is 0 Å². The van der Waals surface area contributed by atoms with E-state index in [0.717, 1.165) is 21.6 Å². The quantitative estimate of drug-likeness (QED) is 0.408. The van der Waals surface area contributed by atoms with Gasteiger partial charge in [-0.1, -0.05) is 0 Å². The van der Waals surface area contributed by atoms with Crippen LogP contribution >= 0.6 is 11.3 Å². The molecule has 0 aliphatic heterocycles. The number of hydrogen-bond donors (Lipinski definition) is 0. The van der Waals surface area contributed by atoms with Crippen molar-refractivity contribution >= 4 is 17.0 Å². The number of thiophene rings is 1. The van der Waals surface area contributed by atoms with Crippen LogP contribution in [-0.2, 0) is 0 Å². The maximum absolute atomic E-state index is 11.4. The Bertz CT molecular complexity index is 989. The van der Waals surface area contributed by atoms with Crippen molar-refractivity contribution in [3.63, 3.8) is 0 Å². The summed E-state index contributed by atoms with van der Waals surface area (Å²) in [6.45, 7) is 0. The summed E-state index contributed by atoms with van der Waals surface area (Å²) in [5, 5.41) is 13.3. The van der Waals surface area contributed by atoms with Gasteiger partial charge in [-0.3, -0.25) is 10.1 Å². The number of ether oxygens (including phenoxy) is 4. The lowest BCUT2D eigenvalue weighted by Gasteiger charge is -2.14. The van der Waals surface area contributed by atoms with Gasteiger partial charge in [-0.15, -0.1) is 11.3 Å². The fourth-order valence-corrected chi connectivity index (χ4v) is 3.89. The predicted molar refractivity (Wildman–Crippen MR) is 108 cm³/mol. The summed E-state index contributed by atoms with van der Waals surface area (Å²) in [5.41, 5.74) is 2.41. The summed E-state index contributed by atoms with van der Waals surface area (Å²) >= 11 is 1.49. The van der Waals surface area contributed by atoms with E-state index in [4.69, 9.17) is 18.9 Å². The minimum absolute atomic E-state index is 0.0794. The van der Waals surface area contributed by atoms with Crippen molar-refractivity contribution in [3.05, 3.63) is 51.9 Å². The molecule has 0 fully saturated rings. The van der Waals surface area contributed by atoms with E-state index in [1.165, 1.54) is 24.5 Å². The van der Waals surface area contributed by atoms with Gasteiger partial charge in [-0.05, 0) is 46.8 Å². The second kappa shape index (κ2) is 8.18. The first-order chi connectivity index (χ1) is 13.5. The van der Waals surface area contributed by atoms with Crippen molar-refractivity contribution in [2.24, 2.45) is 0 Å². The molecule has 0 atom stereocenters. The minimum Gasteiger partial charge on any atom is -0.493 e. The molecule has 0 spiro atoms. The van der Waals surface area contributed by atoms with Gasteiger partial charge in [0.05, 0.1) is 33.4 Å². The first-order valence-electron chi connectivity index (χ1n) is 8.24. The van der Waals surface area contributed by atoms with Gasteiger partial charge >= 0.3 is 5.69 Å². The monoisotopic (exact) mass is 401 g/mol. The molecule has 146 valence electrons. The van der Waals surface area contributed by atoms with Crippen molar-refractivity contribution in [1.82, 2.24) is 0 Å². The maximum Gasteiger partial charge on any atom is 0.311 e. The highest BCUT2D eigenvalue weighted by Crippen LogP contribution is 2.45. The molecular weight excluding hydrogens is 382 g/mol. The van der Waals surface area contributed by atoms with Crippen molar-refractivity contribution < 1.29 is 23.9 Å². The normalized spacial score (nSPS) is 10.4. The number of methoxy groups -OCH3 is 4. The number of benzene rings is 2. The smallest absolute Gasteiger partial charge is 0.311 e. The van der Waals surface area contributed by atoms with Gasteiger partial charge < -0.3 is 18.9 Å². The molecule has 0 saturated heterocycles. The number of nitrogens with zero attached hydrogens (tertiary/aromatic N) is 1. The van der Waals surface area contributed by atoms with Crippen molar-refractivity contribution in [2.45, 2.75) is 0 Å². The van der Waals surface area contributed by atoms with Crippen LogP contribution in [0, 0.1) is 10.1 Å². The molecule has 8 heteroatoms. The van der Waals surface area contributed by atoms with Crippen LogP contribution in [0.2, 0.25) is 0 Å². The first-order valence-corrected chi connectivity index (χ1v) is 9.12. The molecule has 3 aromatic rings. The molecule has 1 aromatic heterocycles. The zero-order valence-corrected chi connectivity index (χ0v) is 16.7. The Morgan fingerprint density at radius 2 is 1.46 bits per heavy atom. The van der Waals surface area contributed by atoms with E-state index < -0.39 is 4.92 Å². The molecule has 2 aromatic carbocycles. The number of hydrogen-bond acceptors (Lipinski definition) is 7. The average Bonchev–Trinajstić information content (AvgIpc) is 3.21. The molecule has 0 unspecified atom stereocenters. The largest absolute Gasteiger partial charge is 0.493 e. The van der Waals surface area contributed by atoms with Crippen LogP contribution in [0.25, 0.3) is 21.6 Å². The third-order valence-corrected chi connectivity index (χ3v) is 5.24. The number of nitro benzene ring substituents is 1. The third-order valence-electron chi connectivity index (χ3n) is 4.28. The lowest BCUT2D eigenvalue weighted by atomic mass is 10.0. The standard InChI is InChI=1S/C20H19NO6S/c1-24-16-6-5-12(9-15(16)21(22)23)20-14(7-8-28-20)13-10-17(25-2)19(27-4)18(11-13)26-3/h5-11H,1-4H3. The molecule has 0 bridgehead atoms. The first kappa shape index (κ1) is 19.5. The Hall–Kier alpha value is -3.26. The van der Waals surface area contributed by atoms with Crippen LogP contribution in [0.1, 0.15) is 0 Å². The topological polar surface area (TPSA) is 80.1 Å². The molecule has 28 heavy (non-hydrogen) atoms. The summed E-state index contributed by atoms with van der Waals surface area (Å²) in [6, 6.07) is 10.6. The number of nitro groups is 1. The van der Waals surface area contributed by atoms with Gasteiger partial charge in [0, 0.05) is 16.5 Å². The molecule has 0 aliphatic rings. The van der Waals surface area contributed by atoms with E-state index in [1.54, 1.807) is 33.5 Å². The van der Waals surface area contributed by atoms with Crippen LogP contribution in [-0.4, -0.2) is 33.4 Å². The molecule has 0 amide bonds. The highest BCUT2D eigenvalue weighted by molar-refractivity contribution is 7.14. The Morgan fingerprint density at radius 1 is 0.821 bits per heavy atom. The maximum atomic E-state index is 11.4. The molecule has 0 aliphatic carbocycles. The second-order valence-corrected chi connectivity index (χ2v) is 6.64. The molecule has 3 rings (SSSR count). The summed E-state index contributed by atoms with van der Waals surface area (Å²) in [4.78, 5) is 11.8. The Labute approximate surface area is 166 Å². The molecular formula is C20H19NO6S. The average molecular weight is 401 g/mol. The summed E-state index contributed by atoms with van der Waals surface area (Å²) < 4.78 is 21.3. The van der Waals surface area contributed by atoms with Gasteiger partial charge in [-0.25, -0.2) is 0 Å². The van der Waals surface area contributed by atoms with Gasteiger partial charge in [0.1, 0.15) is 0 Å². The summed E-state index contributed by atoms with van der Waals surface area (Å²) in [6.07, 6.45) is 0. The Morgan fingerprint density at radius 3 is 2.00 bits per heavy atom. The summed E-state index contributed by atoms with van der Waals surface area (Å²) in [5.74, 6) is 1.80. The van der Waals surface area contributed by atoms with Crippen LogP contribution in [0.4, 0.5) is 5.69 Å². The fraction of sp³-hybridized carbons (Fsp3) is 0.200. The second-order valence-electron chi connectivity index (χ2n) is 5.72. The highest BCUT2D eigenvalue weighted by Gasteiger charge is 2.20. The van der Waals surface area contributed by atoms with E-state index in [9.17, 15) is 10.1 Å². The van der Waals surface area contributed by atoms with E-state index in [-0.39, 0.29) is 11.4 Å². The van der Waals surface area contributed by atoms with Crippen LogP contribution in [0.15, 0.2) is 41.8 Å². The lowest BCUT2D eigenvalue weighted by Crippen LogP contribution is -1.96. The number of rotatable bonds is 7. The van der Waals surface area contributed by atoms with Crippen LogP contribution < -0.4 is 18.9 Å². The van der Waals surface area contributed by atoms with Gasteiger partial charge in [0.15, 0.2) is 17.2 Å². The fourth-order valence-electron chi connectivity index (χ4n) is 2.97. The van der Waals surface area contributed by atoms with Crippen LogP contribution in [0.3, 0.4) is 0 Å². The molecule has 0 N–H and O–H groups in total. The van der Waals surface area contributed by atoms with Gasteiger partial charge in [0.2, 0.25) is 5.75 Å². The van der Waals surface area contributed by atoms with E-state index >= 15 is 0 Å². The molecule has 0 radical (unpaired) electrons. The lowest BCUT2D eigenvalue weighted by molar-refractivity contribution is -0.385. The van der Waals surface area contributed by atoms with E-state index in [0.29, 0.717) is 17.2 Å². The zero-order chi connectivity index (χ0) is 20.3. The molecule has 1 heterocycles. The predicted octanol–water partition coefficient (Wildman–Crippen LogP) is 5.02. The molecule has 0 saturated carbocycles. The Kier molecular flexibility index (Phi) is 5.70. The SMILES string of the molecule is COc1ccc(-c2sccc2-c2cc(OC)c(OC)c(OC)c2)cc1[N+](=O)[O-]. The van der Waals surface area contributed by atoms with E-state index in [1.807, 2.05) is 23.6 Å². The van der Waals surface area contributed by atoms with Crippen molar-refractivity contribution in [3.8, 4) is 44.6 Å². The summed E-state index contributed by atoms with van der Waals surface area (Å²) in [7, 11) is 6.08. The van der Waals surface area contributed by atoms with Gasteiger partial charge in [0.25, 0.3) is 0 Å². The van der Waals surface area contributed by atoms with Crippen LogP contribution in [0.5, 0.6) is 23.0 Å². The third kappa shape index (κ3) is 3.46. The Balaban J connectivity index is 2.16. The van der Waals surface area contributed by atoms with Gasteiger partial charge in [-0.2, -0.15) is 0 Å². The molecule has 7 nitrogen and oxygen atoms in total. The van der Waals surface area contributed by atoms with E-state index in [2.05, 4.69) is 0 Å². The minimum atomic E-state index is -0.449. The zero-order valence-electron chi connectivity index (χ0n) is 15.8. The highest BCUT2D eigenvalue weighted by atomic mass is 32.1.